The van der Waals surface area contributed by atoms with E-state index in [4.69, 9.17) is 4.42 Å². The van der Waals surface area contributed by atoms with Gasteiger partial charge in [0.25, 0.3) is 0 Å². The molecule has 2 heterocycles. The Bertz CT molecular complexity index is 2310. The average Bonchev–Trinajstić information content (AvgIpc) is 3.61. The molecule has 6 aromatic carbocycles. The van der Waals surface area contributed by atoms with Crippen LogP contribution in [0.15, 0.2) is 126 Å². The summed E-state index contributed by atoms with van der Waals surface area (Å²) in [5.41, 5.74) is 8.10. The van der Waals surface area contributed by atoms with Gasteiger partial charge in [-0.1, -0.05) is 66.7 Å². The third-order valence-electron chi connectivity index (χ3n) is 7.98. The molecule has 0 aliphatic carbocycles. The van der Waals surface area contributed by atoms with E-state index in [0.29, 0.717) is 11.1 Å². The predicted octanol–water partition coefficient (Wildman–Crippen LogP) is 10.7. The number of benzene rings is 6. The van der Waals surface area contributed by atoms with Crippen LogP contribution in [0.2, 0.25) is 0 Å². The zero-order valence-electron chi connectivity index (χ0n) is 22.3. The molecule has 194 valence electrons. The average molecular weight is 553 g/mol. The first-order valence-electron chi connectivity index (χ1n) is 13.6. The van der Waals surface area contributed by atoms with Crippen LogP contribution in [0.5, 0.6) is 0 Å². The molecule has 0 N–H and O–H groups in total. The molecule has 0 radical (unpaired) electrons. The van der Waals surface area contributed by atoms with Crippen molar-refractivity contribution < 1.29 is 4.42 Å². The van der Waals surface area contributed by atoms with Gasteiger partial charge in [-0.25, -0.2) is 0 Å². The Morgan fingerprint density at radius 1 is 0.476 bits per heavy atom. The van der Waals surface area contributed by atoms with E-state index in [9.17, 15) is 10.5 Å². The summed E-state index contributed by atoms with van der Waals surface area (Å²) in [5, 5.41) is 25.0. The number of nitriles is 2. The smallest absolute Gasteiger partial charge is 0.135 e. The van der Waals surface area contributed by atoms with Gasteiger partial charge in [-0.3, -0.25) is 0 Å². The van der Waals surface area contributed by atoms with Crippen LogP contribution in [0.1, 0.15) is 11.1 Å². The minimum Gasteiger partial charge on any atom is -0.456 e. The first kappa shape index (κ1) is 24.1. The minimum absolute atomic E-state index is 0.592. The lowest BCUT2D eigenvalue weighted by Gasteiger charge is -2.15. The highest BCUT2D eigenvalue weighted by Crippen LogP contribution is 2.42. The molecule has 42 heavy (non-hydrogen) atoms. The van der Waals surface area contributed by atoms with Gasteiger partial charge in [0, 0.05) is 42.1 Å². The summed E-state index contributed by atoms with van der Waals surface area (Å²) in [6.07, 6.45) is 0. The Morgan fingerprint density at radius 3 is 1.93 bits per heavy atom. The molecule has 0 fully saturated rings. The van der Waals surface area contributed by atoms with E-state index >= 15 is 0 Å². The maximum absolute atomic E-state index is 10.7. The van der Waals surface area contributed by atoms with Crippen LogP contribution in [0.3, 0.4) is 0 Å². The van der Waals surface area contributed by atoms with Crippen LogP contribution < -0.4 is 0 Å². The molecule has 0 saturated carbocycles. The molecule has 8 aromatic rings. The summed E-state index contributed by atoms with van der Waals surface area (Å²) in [6, 6.07) is 45.6. The fourth-order valence-electron chi connectivity index (χ4n) is 5.99. The summed E-state index contributed by atoms with van der Waals surface area (Å²) in [6.45, 7) is 0. The fourth-order valence-corrected chi connectivity index (χ4v) is 7.08. The van der Waals surface area contributed by atoms with Crippen molar-refractivity contribution in [2.45, 2.75) is 0 Å². The molecule has 4 heteroatoms. The Kier molecular flexibility index (Phi) is 5.44. The second kappa shape index (κ2) is 9.46. The lowest BCUT2D eigenvalue weighted by atomic mass is 9.87. The summed E-state index contributed by atoms with van der Waals surface area (Å²) >= 11 is 1.77. The summed E-state index contributed by atoms with van der Waals surface area (Å²) < 4.78 is 8.53. The third-order valence-corrected chi connectivity index (χ3v) is 9.14. The van der Waals surface area contributed by atoms with Gasteiger partial charge in [0.2, 0.25) is 0 Å². The number of para-hydroxylation sites is 1. The van der Waals surface area contributed by atoms with Crippen molar-refractivity contribution in [3.05, 3.63) is 132 Å². The van der Waals surface area contributed by atoms with Crippen LogP contribution in [-0.4, -0.2) is 0 Å². The molecule has 2 aromatic heterocycles. The third kappa shape index (κ3) is 3.71. The Balaban J connectivity index is 1.43. The van der Waals surface area contributed by atoms with E-state index < -0.39 is 0 Å². The van der Waals surface area contributed by atoms with Gasteiger partial charge in [-0.05, 0) is 76.9 Å². The van der Waals surface area contributed by atoms with E-state index in [2.05, 4.69) is 72.8 Å². The molecule has 8 rings (SSSR count). The number of rotatable bonds is 3. The fraction of sp³-hybridized carbons (Fsp3) is 0. The largest absolute Gasteiger partial charge is 0.456 e. The van der Waals surface area contributed by atoms with E-state index in [1.54, 1.807) is 11.3 Å². The SMILES string of the molecule is N#Cc1ccccc1-c1cc(-c2ccc3oc4ccccc4c3c2)c(C#N)c(-c2ccc3sc4ccccc4c3c2)c1. The van der Waals surface area contributed by atoms with Crippen LogP contribution in [-0.2, 0) is 0 Å². The minimum atomic E-state index is 0.592. The van der Waals surface area contributed by atoms with E-state index in [1.165, 1.54) is 20.2 Å². The number of hydrogen-bond acceptors (Lipinski definition) is 4. The van der Waals surface area contributed by atoms with Gasteiger partial charge < -0.3 is 4.42 Å². The lowest BCUT2D eigenvalue weighted by molar-refractivity contribution is 0.669. The standard InChI is InChI=1S/C38H20N2OS/c39-21-25-7-1-2-8-27(25)26-19-30(23-13-15-36-32(17-23)28-9-3-5-11-35(28)41-36)34(22-40)31(20-26)24-14-16-38-33(18-24)29-10-4-6-12-37(29)42-38/h1-20H. The molecule has 0 aliphatic rings. The van der Waals surface area contributed by atoms with Crippen LogP contribution in [0.25, 0.3) is 75.5 Å². The van der Waals surface area contributed by atoms with Crippen molar-refractivity contribution in [3.8, 4) is 45.5 Å². The van der Waals surface area contributed by atoms with Crippen LogP contribution in [0.4, 0.5) is 0 Å². The summed E-state index contributed by atoms with van der Waals surface area (Å²) in [7, 11) is 0. The number of thiophene rings is 1. The van der Waals surface area contributed by atoms with Crippen molar-refractivity contribution in [3.63, 3.8) is 0 Å². The molecule has 3 nitrogen and oxygen atoms in total. The van der Waals surface area contributed by atoms with Gasteiger partial charge >= 0.3 is 0 Å². The highest BCUT2D eigenvalue weighted by Gasteiger charge is 2.19. The quantitative estimate of drug-likeness (QED) is 0.219. The monoisotopic (exact) mass is 552 g/mol. The normalized spacial score (nSPS) is 11.3. The summed E-state index contributed by atoms with van der Waals surface area (Å²) in [5.74, 6) is 0. The van der Waals surface area contributed by atoms with Gasteiger partial charge in [0.1, 0.15) is 17.2 Å². The molecule has 0 spiro atoms. The van der Waals surface area contributed by atoms with Crippen LogP contribution >= 0.6 is 11.3 Å². The van der Waals surface area contributed by atoms with E-state index in [-0.39, 0.29) is 0 Å². The van der Waals surface area contributed by atoms with Crippen molar-refractivity contribution in [1.29, 1.82) is 10.5 Å². The molecular weight excluding hydrogens is 532 g/mol. The molecule has 0 bridgehead atoms. The van der Waals surface area contributed by atoms with E-state index in [1.807, 2.05) is 60.7 Å². The van der Waals surface area contributed by atoms with Gasteiger partial charge in [0.05, 0.1) is 17.2 Å². The zero-order valence-corrected chi connectivity index (χ0v) is 23.1. The summed E-state index contributed by atoms with van der Waals surface area (Å²) in [4.78, 5) is 0. The van der Waals surface area contributed by atoms with Gasteiger partial charge in [-0.2, -0.15) is 10.5 Å². The first-order chi connectivity index (χ1) is 20.7. The maximum Gasteiger partial charge on any atom is 0.135 e. The van der Waals surface area contributed by atoms with Crippen molar-refractivity contribution in [2.24, 2.45) is 0 Å². The van der Waals surface area contributed by atoms with Gasteiger partial charge in [-0.15, -0.1) is 11.3 Å². The Hall–Kier alpha value is -5.68. The predicted molar refractivity (Wildman–Crippen MR) is 172 cm³/mol. The molecule has 0 aliphatic heterocycles. The highest BCUT2D eigenvalue weighted by atomic mass is 32.1. The van der Waals surface area contributed by atoms with E-state index in [0.717, 1.165) is 55.3 Å². The molecule has 0 saturated heterocycles. The second-order valence-corrected chi connectivity index (χ2v) is 11.4. The first-order valence-corrected chi connectivity index (χ1v) is 14.4. The number of hydrogen-bond donors (Lipinski definition) is 0. The number of nitrogens with zero attached hydrogens (tertiary/aromatic N) is 2. The Morgan fingerprint density at radius 2 is 1.12 bits per heavy atom. The van der Waals surface area contributed by atoms with Gasteiger partial charge in [0.15, 0.2) is 0 Å². The highest BCUT2D eigenvalue weighted by molar-refractivity contribution is 7.25. The zero-order chi connectivity index (χ0) is 28.2. The number of fused-ring (bicyclic) bond motifs is 6. The maximum atomic E-state index is 10.7. The molecular formula is C38H20N2OS. The molecule has 0 unspecified atom stereocenters. The molecule has 0 atom stereocenters. The second-order valence-electron chi connectivity index (χ2n) is 10.3. The van der Waals surface area contributed by atoms with Crippen LogP contribution in [0, 0.1) is 22.7 Å². The molecule has 0 amide bonds. The van der Waals surface area contributed by atoms with Crippen molar-refractivity contribution in [1.82, 2.24) is 0 Å². The van der Waals surface area contributed by atoms with Crippen molar-refractivity contribution in [2.75, 3.05) is 0 Å². The Labute approximate surface area is 245 Å². The lowest BCUT2D eigenvalue weighted by Crippen LogP contribution is -1.94. The number of furan rings is 1. The topological polar surface area (TPSA) is 60.7 Å². The van der Waals surface area contributed by atoms with Crippen molar-refractivity contribution >= 4 is 53.4 Å².